The third-order valence-corrected chi connectivity index (χ3v) is 6.42. The van der Waals surface area contributed by atoms with E-state index in [2.05, 4.69) is 29.8 Å². The Morgan fingerprint density at radius 2 is 1.97 bits per heavy atom. The number of anilines is 2. The van der Waals surface area contributed by atoms with Crippen molar-refractivity contribution < 1.29 is 19.1 Å². The molecular formula is C25H31N3O4. The number of benzene rings is 2. The highest BCUT2D eigenvalue weighted by molar-refractivity contribution is 6.10. The molecule has 1 saturated heterocycles. The van der Waals surface area contributed by atoms with Gasteiger partial charge in [-0.2, -0.15) is 0 Å². The van der Waals surface area contributed by atoms with Crippen molar-refractivity contribution in [2.75, 3.05) is 24.9 Å². The number of ether oxygens (including phenoxy) is 2. The molecule has 0 radical (unpaired) electrons. The molecule has 7 nitrogen and oxygen atoms in total. The summed E-state index contributed by atoms with van der Waals surface area (Å²) < 4.78 is 10.7. The van der Waals surface area contributed by atoms with Crippen LogP contribution in [0.5, 0.6) is 11.5 Å². The molecule has 4 rings (SSSR count). The van der Waals surface area contributed by atoms with E-state index in [-0.39, 0.29) is 17.9 Å². The summed E-state index contributed by atoms with van der Waals surface area (Å²) in [6, 6.07) is 11.2. The van der Waals surface area contributed by atoms with Crippen LogP contribution in [0, 0.1) is 18.8 Å². The lowest BCUT2D eigenvalue weighted by molar-refractivity contribution is -0.130. The lowest BCUT2D eigenvalue weighted by Gasteiger charge is -2.29. The standard InChI is InChI=1S/C25H31N3O4/c1-14(2)10-16-12-19(23(29)26-21-13-17(31-4)7-9-22(21)32-5)25(28-16)18-11-15(3)6-8-20(18)27-24(25)30/h6-9,11,13-14,16,19,28H,10,12H2,1-5H3,(H,26,29)(H,27,30)/t16-,19+,25-/m0/s1. The van der Waals surface area contributed by atoms with Crippen molar-refractivity contribution in [3.63, 3.8) is 0 Å². The van der Waals surface area contributed by atoms with E-state index in [1.807, 2.05) is 25.1 Å². The molecule has 3 N–H and O–H groups in total. The maximum atomic E-state index is 13.7. The molecular weight excluding hydrogens is 406 g/mol. The molecule has 0 unspecified atom stereocenters. The van der Waals surface area contributed by atoms with Crippen molar-refractivity contribution in [3.8, 4) is 11.5 Å². The number of aryl methyl sites for hydroxylation is 1. The van der Waals surface area contributed by atoms with Crippen molar-refractivity contribution in [1.82, 2.24) is 5.32 Å². The van der Waals surface area contributed by atoms with Crippen LogP contribution in [-0.4, -0.2) is 32.1 Å². The fourth-order valence-electron chi connectivity index (χ4n) is 5.03. The maximum absolute atomic E-state index is 13.7. The summed E-state index contributed by atoms with van der Waals surface area (Å²) in [5.41, 5.74) is 2.06. The number of fused-ring (bicyclic) bond motifs is 2. The zero-order chi connectivity index (χ0) is 23.0. The van der Waals surface area contributed by atoms with Crippen LogP contribution in [0.25, 0.3) is 0 Å². The van der Waals surface area contributed by atoms with Gasteiger partial charge in [-0.25, -0.2) is 0 Å². The van der Waals surface area contributed by atoms with E-state index >= 15 is 0 Å². The molecule has 0 aromatic heterocycles. The Hall–Kier alpha value is -3.06. The summed E-state index contributed by atoms with van der Waals surface area (Å²) >= 11 is 0. The van der Waals surface area contributed by atoms with Gasteiger partial charge >= 0.3 is 0 Å². The quantitative estimate of drug-likeness (QED) is 0.639. The second-order valence-corrected chi connectivity index (χ2v) is 9.13. The summed E-state index contributed by atoms with van der Waals surface area (Å²) in [4.78, 5) is 27.1. The molecule has 2 heterocycles. The Balaban J connectivity index is 1.74. The average Bonchev–Trinajstić information content (AvgIpc) is 3.26. The van der Waals surface area contributed by atoms with Crippen molar-refractivity contribution in [2.24, 2.45) is 11.8 Å². The lowest BCUT2D eigenvalue weighted by Crippen LogP contribution is -2.52. The van der Waals surface area contributed by atoms with E-state index in [0.717, 1.165) is 23.2 Å². The van der Waals surface area contributed by atoms with E-state index in [0.29, 0.717) is 29.5 Å². The topological polar surface area (TPSA) is 88.7 Å². The van der Waals surface area contributed by atoms with Gasteiger partial charge in [-0.1, -0.05) is 31.5 Å². The number of hydrogen-bond acceptors (Lipinski definition) is 5. The first-order valence-electron chi connectivity index (χ1n) is 11.0. The third kappa shape index (κ3) is 3.71. The van der Waals surface area contributed by atoms with Crippen molar-refractivity contribution in [2.45, 2.75) is 45.2 Å². The summed E-state index contributed by atoms with van der Waals surface area (Å²) in [7, 11) is 3.13. The molecule has 3 atom stereocenters. The molecule has 2 aliphatic heterocycles. The van der Waals surface area contributed by atoms with Crippen LogP contribution in [-0.2, 0) is 15.1 Å². The van der Waals surface area contributed by atoms with Crippen LogP contribution in [0.4, 0.5) is 11.4 Å². The Kier molecular flexibility index (Phi) is 5.86. The van der Waals surface area contributed by atoms with Crippen molar-refractivity contribution in [3.05, 3.63) is 47.5 Å². The van der Waals surface area contributed by atoms with E-state index in [1.165, 1.54) is 0 Å². The second-order valence-electron chi connectivity index (χ2n) is 9.13. The molecule has 1 fully saturated rings. The first-order chi connectivity index (χ1) is 15.3. The minimum Gasteiger partial charge on any atom is -0.497 e. The van der Waals surface area contributed by atoms with Gasteiger partial charge in [0.15, 0.2) is 0 Å². The molecule has 170 valence electrons. The van der Waals surface area contributed by atoms with Gasteiger partial charge in [0.25, 0.3) is 0 Å². The van der Waals surface area contributed by atoms with Gasteiger partial charge in [0, 0.05) is 23.4 Å². The summed E-state index contributed by atoms with van der Waals surface area (Å²) in [5, 5.41) is 9.57. The second kappa shape index (κ2) is 8.47. The van der Waals surface area contributed by atoms with Crippen molar-refractivity contribution in [1.29, 1.82) is 0 Å². The van der Waals surface area contributed by atoms with Gasteiger partial charge in [0.2, 0.25) is 11.8 Å². The Labute approximate surface area is 188 Å². The lowest BCUT2D eigenvalue weighted by atomic mass is 9.79. The van der Waals surface area contributed by atoms with Crippen LogP contribution in [0.1, 0.15) is 37.8 Å². The average molecular weight is 438 g/mol. The largest absolute Gasteiger partial charge is 0.497 e. The number of nitrogens with one attached hydrogen (secondary N) is 3. The molecule has 0 saturated carbocycles. The van der Waals surface area contributed by atoms with Gasteiger partial charge in [-0.15, -0.1) is 0 Å². The van der Waals surface area contributed by atoms with E-state index in [1.54, 1.807) is 32.4 Å². The number of methoxy groups -OCH3 is 2. The van der Waals surface area contributed by atoms with Gasteiger partial charge in [0.05, 0.1) is 25.8 Å². The number of amides is 2. The van der Waals surface area contributed by atoms with Crippen LogP contribution < -0.4 is 25.4 Å². The predicted molar refractivity (Wildman–Crippen MR) is 124 cm³/mol. The highest BCUT2D eigenvalue weighted by atomic mass is 16.5. The van der Waals surface area contributed by atoms with Gasteiger partial charge in [-0.3, -0.25) is 14.9 Å². The molecule has 0 aliphatic carbocycles. The molecule has 32 heavy (non-hydrogen) atoms. The molecule has 2 amide bonds. The summed E-state index contributed by atoms with van der Waals surface area (Å²) in [6.45, 7) is 6.29. The third-order valence-electron chi connectivity index (χ3n) is 6.42. The minimum absolute atomic E-state index is 0.0511. The van der Waals surface area contributed by atoms with E-state index < -0.39 is 11.5 Å². The number of rotatable bonds is 6. The Bertz CT molecular complexity index is 1050. The fraction of sp³-hybridized carbons (Fsp3) is 0.440. The monoisotopic (exact) mass is 437 g/mol. The van der Waals surface area contributed by atoms with Crippen LogP contribution in [0.15, 0.2) is 36.4 Å². The highest BCUT2D eigenvalue weighted by Gasteiger charge is 2.60. The zero-order valence-corrected chi connectivity index (χ0v) is 19.2. The Morgan fingerprint density at radius 3 is 2.66 bits per heavy atom. The zero-order valence-electron chi connectivity index (χ0n) is 19.2. The van der Waals surface area contributed by atoms with Gasteiger partial charge < -0.3 is 20.1 Å². The minimum atomic E-state index is -1.10. The van der Waals surface area contributed by atoms with E-state index in [4.69, 9.17) is 9.47 Å². The number of hydrogen-bond donors (Lipinski definition) is 3. The molecule has 2 aromatic carbocycles. The predicted octanol–water partition coefficient (Wildman–Crippen LogP) is 3.82. The molecule has 2 aliphatic rings. The first kappa shape index (κ1) is 22.1. The number of carbonyl (C=O) groups excluding carboxylic acids is 2. The highest BCUT2D eigenvalue weighted by Crippen LogP contribution is 2.48. The molecule has 1 spiro atoms. The molecule has 7 heteroatoms. The van der Waals surface area contributed by atoms with Crippen molar-refractivity contribution >= 4 is 23.2 Å². The first-order valence-corrected chi connectivity index (χ1v) is 11.0. The fourth-order valence-corrected chi connectivity index (χ4v) is 5.03. The normalized spacial score (nSPS) is 23.9. The molecule has 0 bridgehead atoms. The van der Waals surface area contributed by atoms with E-state index in [9.17, 15) is 9.59 Å². The summed E-state index contributed by atoms with van der Waals surface area (Å²) in [5.74, 6) is 0.598. The Morgan fingerprint density at radius 1 is 1.19 bits per heavy atom. The van der Waals surface area contributed by atoms with Crippen LogP contribution in [0.3, 0.4) is 0 Å². The SMILES string of the molecule is COc1ccc(OC)c(NC(=O)[C@H]2C[C@H](CC(C)C)N[C@]23C(=O)Nc2ccc(C)cc23)c1. The van der Waals surface area contributed by atoms with Gasteiger partial charge in [-0.05, 0) is 43.9 Å². The van der Waals surface area contributed by atoms with Gasteiger partial charge in [0.1, 0.15) is 17.0 Å². The molecule has 2 aromatic rings. The smallest absolute Gasteiger partial charge is 0.250 e. The summed E-state index contributed by atoms with van der Waals surface area (Å²) in [6.07, 6.45) is 1.44. The number of carbonyl (C=O) groups is 2. The van der Waals surface area contributed by atoms with Crippen LogP contribution in [0.2, 0.25) is 0 Å². The maximum Gasteiger partial charge on any atom is 0.250 e. The van der Waals surface area contributed by atoms with Crippen LogP contribution >= 0.6 is 0 Å².